The molecule has 1 spiro atoms. The van der Waals surface area contributed by atoms with Gasteiger partial charge in [0.05, 0.1) is 11.6 Å². The van der Waals surface area contributed by atoms with Gasteiger partial charge in [-0.1, -0.05) is 0 Å². The van der Waals surface area contributed by atoms with E-state index >= 15 is 0 Å². The second kappa shape index (κ2) is 7.11. The Labute approximate surface area is 158 Å². The molecule has 0 amide bonds. The molecule has 0 N–H and O–H groups in total. The molecule has 7 nitrogen and oxygen atoms in total. The van der Waals surface area contributed by atoms with Crippen molar-refractivity contribution in [1.29, 1.82) is 0 Å². The van der Waals surface area contributed by atoms with Gasteiger partial charge in [-0.05, 0) is 52.5 Å². The van der Waals surface area contributed by atoms with Crippen molar-refractivity contribution >= 4 is 39.9 Å². The Hall–Kier alpha value is -2.35. The highest BCUT2D eigenvalue weighted by Gasteiger charge is 2.47. The van der Waals surface area contributed by atoms with E-state index in [-0.39, 0.29) is 17.1 Å². The molecule has 1 heterocycles. The van der Waals surface area contributed by atoms with E-state index in [1.54, 1.807) is 6.07 Å². The molecule has 0 bridgehead atoms. The third-order valence-electron chi connectivity index (χ3n) is 4.17. The maximum Gasteiger partial charge on any atom is 0.348 e. The van der Waals surface area contributed by atoms with Gasteiger partial charge < -0.3 is 18.9 Å². The van der Waals surface area contributed by atoms with Crippen LogP contribution in [0.1, 0.15) is 38.2 Å². The maximum atomic E-state index is 12.3. The summed E-state index contributed by atoms with van der Waals surface area (Å²) in [7, 11) is 1.42. The van der Waals surface area contributed by atoms with Crippen LogP contribution >= 0.6 is 15.9 Å². The summed E-state index contributed by atoms with van der Waals surface area (Å²) in [5, 5.41) is 0. The minimum atomic E-state index is -1.11. The lowest BCUT2D eigenvalue weighted by Crippen LogP contribution is -2.44. The summed E-state index contributed by atoms with van der Waals surface area (Å²) < 4.78 is 21.5. The number of esters is 3. The fraction of sp³-hybridized carbons (Fsp3) is 0.389. The smallest absolute Gasteiger partial charge is 0.348 e. The van der Waals surface area contributed by atoms with E-state index in [0.29, 0.717) is 22.9 Å². The molecule has 1 saturated carbocycles. The molecule has 0 radical (unpaired) electrons. The minimum Gasteiger partial charge on any atom is -0.493 e. The fourth-order valence-electron chi connectivity index (χ4n) is 3.02. The summed E-state index contributed by atoms with van der Waals surface area (Å²) in [6, 6.07) is 3.13. The van der Waals surface area contributed by atoms with Gasteiger partial charge in [0.2, 0.25) is 0 Å². The van der Waals surface area contributed by atoms with Gasteiger partial charge in [0, 0.05) is 19.8 Å². The molecule has 2 fully saturated rings. The van der Waals surface area contributed by atoms with Crippen molar-refractivity contribution in [3.8, 4) is 11.5 Å². The van der Waals surface area contributed by atoms with Gasteiger partial charge in [-0.25, -0.2) is 9.59 Å². The van der Waals surface area contributed by atoms with Crippen molar-refractivity contribution in [2.24, 2.45) is 0 Å². The van der Waals surface area contributed by atoms with Crippen molar-refractivity contribution in [2.45, 2.75) is 38.4 Å². The van der Waals surface area contributed by atoms with Crippen LogP contribution in [0.4, 0.5) is 0 Å². The summed E-state index contributed by atoms with van der Waals surface area (Å²) >= 11 is 3.29. The predicted molar refractivity (Wildman–Crippen MR) is 93.4 cm³/mol. The summed E-state index contributed by atoms with van der Waals surface area (Å²) in [6.45, 7) is 1.27. The quantitative estimate of drug-likeness (QED) is 0.318. The monoisotopic (exact) mass is 424 g/mol. The predicted octanol–water partition coefficient (Wildman–Crippen LogP) is 3.14. The zero-order valence-electron chi connectivity index (χ0n) is 14.3. The van der Waals surface area contributed by atoms with Gasteiger partial charge in [-0.2, -0.15) is 0 Å². The van der Waals surface area contributed by atoms with Crippen LogP contribution in [0.15, 0.2) is 22.2 Å². The third kappa shape index (κ3) is 3.60. The number of hydrogen-bond donors (Lipinski definition) is 0. The number of halogens is 1. The molecule has 1 aromatic rings. The Morgan fingerprint density at radius 1 is 1.19 bits per heavy atom. The highest BCUT2D eigenvalue weighted by atomic mass is 79.9. The highest BCUT2D eigenvalue weighted by Crippen LogP contribution is 2.40. The average molecular weight is 425 g/mol. The van der Waals surface area contributed by atoms with E-state index in [2.05, 4.69) is 15.9 Å². The second-order valence-corrected chi connectivity index (χ2v) is 6.94. The van der Waals surface area contributed by atoms with E-state index in [1.165, 1.54) is 26.2 Å². The first kappa shape index (κ1) is 18.4. The number of carbonyl (C=O) groups excluding carboxylic acids is 3. The Kier molecular flexibility index (Phi) is 5.04. The maximum absolute atomic E-state index is 12.3. The van der Waals surface area contributed by atoms with Crippen LogP contribution in [0.25, 0.3) is 6.08 Å². The zero-order chi connectivity index (χ0) is 18.9. The largest absolute Gasteiger partial charge is 0.493 e. The first-order valence-corrected chi connectivity index (χ1v) is 8.87. The normalized spacial score (nSPS) is 18.3. The van der Waals surface area contributed by atoms with Crippen LogP contribution in [0.5, 0.6) is 11.5 Å². The van der Waals surface area contributed by atoms with Crippen molar-refractivity contribution in [1.82, 2.24) is 0 Å². The van der Waals surface area contributed by atoms with Gasteiger partial charge >= 0.3 is 17.9 Å². The van der Waals surface area contributed by atoms with Gasteiger partial charge in [0.15, 0.2) is 11.5 Å². The molecule has 26 heavy (non-hydrogen) atoms. The molecular formula is C18H17BrO7. The van der Waals surface area contributed by atoms with Crippen molar-refractivity contribution in [3.63, 3.8) is 0 Å². The van der Waals surface area contributed by atoms with Gasteiger partial charge in [-0.15, -0.1) is 0 Å². The standard InChI is InChI=1S/C18H17BrO7/c1-10(20)24-15-13(19)8-11(9-14(15)23-2)7-12-16(21)25-18(26-17(12)22)5-3-4-6-18/h7-9H,3-6H2,1-2H3. The number of carbonyl (C=O) groups is 3. The molecule has 138 valence electrons. The van der Waals surface area contributed by atoms with Crippen molar-refractivity contribution in [3.05, 3.63) is 27.7 Å². The van der Waals surface area contributed by atoms with E-state index in [0.717, 1.165) is 12.8 Å². The number of methoxy groups -OCH3 is 1. The molecule has 1 aliphatic carbocycles. The number of benzene rings is 1. The first-order chi connectivity index (χ1) is 12.3. The zero-order valence-corrected chi connectivity index (χ0v) is 15.9. The molecule has 1 aromatic carbocycles. The second-order valence-electron chi connectivity index (χ2n) is 6.08. The Morgan fingerprint density at radius 2 is 1.81 bits per heavy atom. The van der Waals surface area contributed by atoms with E-state index in [4.69, 9.17) is 18.9 Å². The molecule has 2 aliphatic rings. The summed E-state index contributed by atoms with van der Waals surface area (Å²) in [6.07, 6.45) is 4.10. The Bertz CT molecular complexity index is 784. The SMILES string of the molecule is COc1cc(C=C2C(=O)OC3(CCCC3)OC2=O)cc(Br)c1OC(C)=O. The summed E-state index contributed by atoms with van der Waals surface area (Å²) in [5.41, 5.74) is 0.285. The molecule has 0 aromatic heterocycles. The molecule has 8 heteroatoms. The van der Waals surface area contributed by atoms with E-state index in [9.17, 15) is 14.4 Å². The lowest BCUT2D eigenvalue weighted by Gasteiger charge is -2.32. The molecule has 0 atom stereocenters. The van der Waals surface area contributed by atoms with Crippen LogP contribution in [0, 0.1) is 0 Å². The molecular weight excluding hydrogens is 408 g/mol. The van der Waals surface area contributed by atoms with Crippen LogP contribution in [-0.2, 0) is 23.9 Å². The Balaban J connectivity index is 1.92. The fourth-order valence-corrected chi connectivity index (χ4v) is 3.56. The van der Waals surface area contributed by atoms with Gasteiger partial charge in [0.25, 0.3) is 5.79 Å². The topological polar surface area (TPSA) is 88.1 Å². The summed E-state index contributed by atoms with van der Waals surface area (Å²) in [4.78, 5) is 35.8. The van der Waals surface area contributed by atoms with E-state index in [1.807, 2.05) is 0 Å². The van der Waals surface area contributed by atoms with Crippen LogP contribution < -0.4 is 9.47 Å². The van der Waals surface area contributed by atoms with Crippen LogP contribution in [0.3, 0.4) is 0 Å². The molecule has 1 aliphatic heterocycles. The molecule has 1 saturated heterocycles. The summed E-state index contributed by atoms with van der Waals surface area (Å²) in [5.74, 6) is -2.55. The van der Waals surface area contributed by atoms with Gasteiger partial charge in [0.1, 0.15) is 5.57 Å². The Morgan fingerprint density at radius 3 is 2.35 bits per heavy atom. The lowest BCUT2D eigenvalue weighted by molar-refractivity contribution is -0.232. The number of rotatable bonds is 3. The molecule has 3 rings (SSSR count). The van der Waals surface area contributed by atoms with Crippen molar-refractivity contribution in [2.75, 3.05) is 7.11 Å². The third-order valence-corrected chi connectivity index (χ3v) is 4.76. The number of ether oxygens (including phenoxy) is 4. The highest BCUT2D eigenvalue weighted by molar-refractivity contribution is 9.10. The molecule has 0 unspecified atom stereocenters. The van der Waals surface area contributed by atoms with Gasteiger partial charge in [-0.3, -0.25) is 4.79 Å². The lowest BCUT2D eigenvalue weighted by atomic mass is 10.1. The van der Waals surface area contributed by atoms with E-state index < -0.39 is 23.7 Å². The van der Waals surface area contributed by atoms with Crippen molar-refractivity contribution < 1.29 is 33.3 Å². The number of hydrogen-bond acceptors (Lipinski definition) is 7. The van der Waals surface area contributed by atoms with Crippen LogP contribution in [0.2, 0.25) is 0 Å². The minimum absolute atomic E-state index is 0.197. The average Bonchev–Trinajstić information content (AvgIpc) is 3.00. The van der Waals surface area contributed by atoms with Crippen LogP contribution in [-0.4, -0.2) is 30.8 Å². The first-order valence-electron chi connectivity index (χ1n) is 8.08.